The van der Waals surface area contributed by atoms with E-state index in [1.807, 2.05) is 13.8 Å². The lowest BCUT2D eigenvalue weighted by Gasteiger charge is -1.96. The summed E-state index contributed by atoms with van der Waals surface area (Å²) < 4.78 is 0. The number of hydrogen-bond donors (Lipinski definition) is 1. The Morgan fingerprint density at radius 2 is 2.14 bits per heavy atom. The molecule has 1 N–H and O–H groups in total. The molecule has 0 radical (unpaired) electrons. The van der Waals surface area contributed by atoms with Crippen molar-refractivity contribution in [3.05, 3.63) is 11.3 Å². The first kappa shape index (κ1) is 6.83. The van der Waals surface area contributed by atoms with Gasteiger partial charge in [0.1, 0.15) is 0 Å². The maximum atomic E-state index is 8.21. The fourth-order valence-electron chi connectivity index (χ4n) is 0.149. The van der Waals surface area contributed by atoms with Crippen LogP contribution in [0.2, 0.25) is 0 Å². The highest BCUT2D eigenvalue weighted by atomic mass is 35.5. The number of rotatable bonds is 1. The molecule has 0 amide bonds. The number of allylic oxidation sites excluding steroid dienone is 1. The predicted octanol–water partition coefficient (Wildman–Crippen LogP) is 2.28. The van der Waals surface area contributed by atoms with Gasteiger partial charge in [0, 0.05) is 0 Å². The van der Waals surface area contributed by atoms with Crippen LogP contribution < -0.4 is 0 Å². The van der Waals surface area contributed by atoms with Crippen molar-refractivity contribution in [2.45, 2.75) is 13.8 Å². The van der Waals surface area contributed by atoms with Crippen molar-refractivity contribution in [3.63, 3.8) is 0 Å². The molecule has 0 bridgehead atoms. The van der Waals surface area contributed by atoms with Crippen molar-refractivity contribution >= 4 is 11.6 Å². The van der Waals surface area contributed by atoms with Crippen molar-refractivity contribution in [2.24, 2.45) is 5.92 Å². The van der Waals surface area contributed by atoms with E-state index in [0.717, 1.165) is 6.26 Å². The van der Waals surface area contributed by atoms with Gasteiger partial charge in [-0.05, 0) is 5.92 Å². The van der Waals surface area contributed by atoms with Crippen LogP contribution in [0.15, 0.2) is 11.3 Å². The summed E-state index contributed by atoms with van der Waals surface area (Å²) in [7, 11) is 0. The molecule has 0 aromatic heterocycles. The summed E-state index contributed by atoms with van der Waals surface area (Å²) in [5.74, 6) is 0.242. The minimum absolute atomic E-state index is 0.242. The Hall–Kier alpha value is -0.170. The van der Waals surface area contributed by atoms with Crippen LogP contribution in [0.5, 0.6) is 0 Å². The standard InChI is InChI=1S/C5H9ClO/c1-4(2)5(6)3-7/h3-4,7H,1-2H3. The van der Waals surface area contributed by atoms with Gasteiger partial charge in [0.05, 0.1) is 11.3 Å². The molecule has 0 heterocycles. The number of aliphatic hydroxyl groups is 1. The molecule has 0 fully saturated rings. The molecule has 0 spiro atoms. The summed E-state index contributed by atoms with van der Waals surface area (Å²) in [6, 6.07) is 0. The molecule has 0 aliphatic carbocycles. The van der Waals surface area contributed by atoms with E-state index < -0.39 is 0 Å². The van der Waals surface area contributed by atoms with Crippen LogP contribution in [0.3, 0.4) is 0 Å². The van der Waals surface area contributed by atoms with Gasteiger partial charge in [-0.3, -0.25) is 0 Å². The first-order valence-corrected chi connectivity index (χ1v) is 2.56. The molecule has 0 atom stereocenters. The Labute approximate surface area is 48.6 Å². The van der Waals surface area contributed by atoms with Gasteiger partial charge in [0.25, 0.3) is 0 Å². The van der Waals surface area contributed by atoms with Gasteiger partial charge >= 0.3 is 0 Å². The summed E-state index contributed by atoms with van der Waals surface area (Å²) in [6.45, 7) is 3.82. The second kappa shape index (κ2) is 2.92. The van der Waals surface area contributed by atoms with Crippen LogP contribution >= 0.6 is 11.6 Å². The Morgan fingerprint density at radius 3 is 2.14 bits per heavy atom. The van der Waals surface area contributed by atoms with E-state index in [1.54, 1.807) is 0 Å². The smallest absolute Gasteiger partial charge is 0.0939 e. The Morgan fingerprint density at radius 1 is 1.71 bits per heavy atom. The Bertz CT molecular complexity index is 76.1. The van der Waals surface area contributed by atoms with Gasteiger partial charge in [-0.2, -0.15) is 0 Å². The van der Waals surface area contributed by atoms with Gasteiger partial charge in [-0.25, -0.2) is 0 Å². The summed E-state index contributed by atoms with van der Waals surface area (Å²) in [5, 5.41) is 8.71. The molecule has 0 unspecified atom stereocenters. The molecule has 1 nitrogen and oxygen atoms in total. The molecule has 2 heteroatoms. The molecule has 0 aromatic carbocycles. The van der Waals surface area contributed by atoms with Crippen LogP contribution in [0.1, 0.15) is 13.8 Å². The maximum Gasteiger partial charge on any atom is 0.0939 e. The van der Waals surface area contributed by atoms with Crippen molar-refractivity contribution in [2.75, 3.05) is 0 Å². The zero-order valence-electron chi connectivity index (χ0n) is 4.48. The van der Waals surface area contributed by atoms with E-state index in [9.17, 15) is 0 Å². The molecular formula is C5H9ClO. The average Bonchev–Trinajstić information content (AvgIpc) is 1.65. The quantitative estimate of drug-likeness (QED) is 0.527. The van der Waals surface area contributed by atoms with E-state index in [0.29, 0.717) is 5.03 Å². The molecule has 7 heavy (non-hydrogen) atoms. The monoisotopic (exact) mass is 120 g/mol. The third-order valence-electron chi connectivity index (χ3n) is 0.675. The topological polar surface area (TPSA) is 20.2 Å². The van der Waals surface area contributed by atoms with Crippen LogP contribution in [-0.4, -0.2) is 5.11 Å². The van der Waals surface area contributed by atoms with Crippen molar-refractivity contribution in [1.82, 2.24) is 0 Å². The highest BCUT2D eigenvalue weighted by Gasteiger charge is 1.95. The van der Waals surface area contributed by atoms with Gasteiger partial charge < -0.3 is 5.11 Å². The minimum Gasteiger partial charge on any atom is -0.514 e. The van der Waals surface area contributed by atoms with E-state index in [2.05, 4.69) is 0 Å². The number of aliphatic hydroxyl groups excluding tert-OH is 1. The van der Waals surface area contributed by atoms with Crippen LogP contribution in [0.25, 0.3) is 0 Å². The first-order chi connectivity index (χ1) is 3.18. The molecule has 0 rings (SSSR count). The highest BCUT2D eigenvalue weighted by Crippen LogP contribution is 2.11. The Kier molecular flexibility index (Phi) is 2.84. The van der Waals surface area contributed by atoms with Crippen LogP contribution in [0.4, 0.5) is 0 Å². The summed E-state index contributed by atoms with van der Waals surface area (Å²) in [6.07, 6.45) is 0.923. The number of hydrogen-bond acceptors (Lipinski definition) is 1. The lowest BCUT2D eigenvalue weighted by atomic mass is 10.2. The summed E-state index contributed by atoms with van der Waals surface area (Å²) >= 11 is 5.41. The van der Waals surface area contributed by atoms with Gasteiger partial charge in [0.2, 0.25) is 0 Å². The normalized spacial score (nSPS) is 12.9. The first-order valence-electron chi connectivity index (χ1n) is 2.18. The van der Waals surface area contributed by atoms with Gasteiger partial charge in [-0.1, -0.05) is 25.4 Å². The molecule has 0 saturated carbocycles. The highest BCUT2D eigenvalue weighted by molar-refractivity contribution is 6.29. The molecule has 0 aliphatic heterocycles. The third kappa shape index (κ3) is 2.52. The maximum absolute atomic E-state index is 8.21. The second-order valence-electron chi connectivity index (χ2n) is 1.67. The third-order valence-corrected chi connectivity index (χ3v) is 1.21. The summed E-state index contributed by atoms with van der Waals surface area (Å²) in [5.41, 5.74) is 0. The zero-order valence-corrected chi connectivity index (χ0v) is 5.24. The van der Waals surface area contributed by atoms with Crippen LogP contribution in [-0.2, 0) is 0 Å². The van der Waals surface area contributed by atoms with E-state index in [1.165, 1.54) is 0 Å². The lowest BCUT2D eigenvalue weighted by molar-refractivity contribution is 0.464. The van der Waals surface area contributed by atoms with Crippen molar-refractivity contribution < 1.29 is 5.11 Å². The van der Waals surface area contributed by atoms with E-state index in [4.69, 9.17) is 16.7 Å². The fraction of sp³-hybridized carbons (Fsp3) is 0.600. The van der Waals surface area contributed by atoms with Crippen LogP contribution in [0, 0.1) is 5.92 Å². The lowest BCUT2D eigenvalue weighted by Crippen LogP contribution is -1.83. The molecule has 0 saturated heterocycles. The van der Waals surface area contributed by atoms with E-state index in [-0.39, 0.29) is 5.92 Å². The molecule has 0 aromatic rings. The van der Waals surface area contributed by atoms with Crippen molar-refractivity contribution in [1.29, 1.82) is 0 Å². The zero-order chi connectivity index (χ0) is 5.86. The summed E-state index contributed by atoms with van der Waals surface area (Å²) in [4.78, 5) is 0. The molecular weight excluding hydrogens is 112 g/mol. The second-order valence-corrected chi connectivity index (χ2v) is 2.11. The largest absolute Gasteiger partial charge is 0.514 e. The molecule has 0 aliphatic rings. The Balaban J connectivity index is 3.56. The molecule has 42 valence electrons. The van der Waals surface area contributed by atoms with Crippen molar-refractivity contribution in [3.8, 4) is 0 Å². The number of halogens is 1. The minimum atomic E-state index is 0.242. The van der Waals surface area contributed by atoms with Gasteiger partial charge in [-0.15, -0.1) is 0 Å². The predicted molar refractivity (Wildman–Crippen MR) is 31.4 cm³/mol. The SMILES string of the molecule is CC(C)C(Cl)=CO. The fourth-order valence-corrected chi connectivity index (χ4v) is 0.149. The average molecular weight is 121 g/mol. The van der Waals surface area contributed by atoms with E-state index >= 15 is 0 Å². The van der Waals surface area contributed by atoms with Gasteiger partial charge in [0.15, 0.2) is 0 Å².